The van der Waals surface area contributed by atoms with Gasteiger partial charge in [0.25, 0.3) is 0 Å². The lowest BCUT2D eigenvalue weighted by atomic mass is 10.1. The minimum atomic E-state index is 0.345. The number of aliphatic imine (C=N–C) groups is 1. The fraction of sp³-hybridized carbons (Fsp3) is 0.333. The van der Waals surface area contributed by atoms with Crippen molar-refractivity contribution in [3.05, 3.63) is 72.2 Å². The van der Waals surface area contributed by atoms with Gasteiger partial charge in [-0.15, -0.1) is 0 Å². The lowest BCUT2D eigenvalue weighted by Gasteiger charge is -2.35. The summed E-state index contributed by atoms with van der Waals surface area (Å²) < 4.78 is 5.90. The molecule has 1 aliphatic rings. The first-order chi connectivity index (χ1) is 14.7. The number of rotatable bonds is 5. The molecule has 6 heteroatoms. The van der Waals surface area contributed by atoms with E-state index in [0.29, 0.717) is 18.5 Å². The summed E-state index contributed by atoms with van der Waals surface area (Å²) in [5, 5.41) is 6.87. The minimum Gasteiger partial charge on any atom is -0.439 e. The maximum atomic E-state index is 5.90. The van der Waals surface area contributed by atoms with Crippen LogP contribution in [0.15, 0.2) is 70.2 Å². The quantitative estimate of drug-likeness (QED) is 0.498. The number of nitrogens with one attached hydrogen (secondary N) is 2. The Hall–Kier alpha value is -3.28. The molecule has 6 nitrogen and oxygen atoms in total. The summed E-state index contributed by atoms with van der Waals surface area (Å²) in [6, 6.07) is 19.2. The molecule has 3 aromatic rings. The molecule has 0 bridgehead atoms. The van der Waals surface area contributed by atoms with E-state index in [4.69, 9.17) is 4.42 Å². The summed E-state index contributed by atoms with van der Waals surface area (Å²) >= 11 is 0. The van der Waals surface area contributed by atoms with Gasteiger partial charge in [-0.2, -0.15) is 0 Å². The lowest BCUT2D eigenvalue weighted by molar-refractivity contribution is 0.462. The van der Waals surface area contributed by atoms with E-state index in [1.807, 2.05) is 0 Å². The monoisotopic (exact) mass is 403 g/mol. The molecule has 156 valence electrons. The third kappa shape index (κ3) is 5.00. The van der Waals surface area contributed by atoms with Gasteiger partial charge in [0.1, 0.15) is 0 Å². The number of para-hydroxylation sites is 1. The molecule has 1 unspecified atom stereocenters. The van der Waals surface area contributed by atoms with Gasteiger partial charge < -0.3 is 20.0 Å². The van der Waals surface area contributed by atoms with Crippen molar-refractivity contribution in [1.82, 2.24) is 15.6 Å². The maximum absolute atomic E-state index is 5.90. The van der Waals surface area contributed by atoms with Crippen LogP contribution < -0.4 is 15.5 Å². The Balaban J connectivity index is 1.31. The second-order valence-electron chi connectivity index (χ2n) is 7.68. The SMILES string of the molecule is CN=C(NCc1ncc(-c2ccc(C)cc2)o1)NC1CCCN(c2ccccc2)C1. The molecule has 0 radical (unpaired) electrons. The van der Waals surface area contributed by atoms with Crippen LogP contribution in [0.3, 0.4) is 0 Å². The van der Waals surface area contributed by atoms with E-state index >= 15 is 0 Å². The predicted molar refractivity (Wildman–Crippen MR) is 122 cm³/mol. The van der Waals surface area contributed by atoms with E-state index in [2.05, 4.69) is 87.0 Å². The van der Waals surface area contributed by atoms with Crippen LogP contribution in [0.25, 0.3) is 11.3 Å². The molecule has 0 saturated carbocycles. The van der Waals surface area contributed by atoms with Crippen LogP contribution in [0.2, 0.25) is 0 Å². The predicted octanol–water partition coefficient (Wildman–Crippen LogP) is 3.98. The number of benzene rings is 2. The molecule has 4 rings (SSSR count). The lowest BCUT2D eigenvalue weighted by Crippen LogP contribution is -2.51. The number of hydrogen-bond donors (Lipinski definition) is 2. The third-order valence-electron chi connectivity index (χ3n) is 5.40. The summed E-state index contributed by atoms with van der Waals surface area (Å²) in [4.78, 5) is 11.2. The molecule has 0 spiro atoms. The molecule has 1 aromatic heterocycles. The second kappa shape index (κ2) is 9.48. The van der Waals surface area contributed by atoms with Crippen molar-refractivity contribution >= 4 is 11.6 Å². The van der Waals surface area contributed by atoms with Crippen molar-refractivity contribution < 1.29 is 4.42 Å². The zero-order valence-electron chi connectivity index (χ0n) is 17.6. The third-order valence-corrected chi connectivity index (χ3v) is 5.40. The van der Waals surface area contributed by atoms with Crippen LogP contribution in [0.4, 0.5) is 5.69 Å². The smallest absolute Gasteiger partial charge is 0.214 e. The topological polar surface area (TPSA) is 65.7 Å². The van der Waals surface area contributed by atoms with E-state index in [9.17, 15) is 0 Å². The number of anilines is 1. The number of guanidine groups is 1. The van der Waals surface area contributed by atoms with Gasteiger partial charge >= 0.3 is 0 Å². The van der Waals surface area contributed by atoms with Crippen molar-refractivity contribution in [2.75, 3.05) is 25.0 Å². The summed E-state index contributed by atoms with van der Waals surface area (Å²) in [6.45, 7) is 4.61. The van der Waals surface area contributed by atoms with Gasteiger partial charge in [-0.05, 0) is 31.9 Å². The summed E-state index contributed by atoms with van der Waals surface area (Å²) in [5.41, 5.74) is 3.53. The Morgan fingerprint density at radius 3 is 2.73 bits per heavy atom. The zero-order valence-corrected chi connectivity index (χ0v) is 17.6. The number of hydrogen-bond acceptors (Lipinski definition) is 4. The number of aryl methyl sites for hydroxylation is 1. The van der Waals surface area contributed by atoms with Crippen LogP contribution in [0.5, 0.6) is 0 Å². The Kier molecular flexibility index (Phi) is 6.32. The molecule has 0 aliphatic carbocycles. The molecule has 2 heterocycles. The van der Waals surface area contributed by atoms with Gasteiger partial charge in [0.05, 0.1) is 12.7 Å². The maximum Gasteiger partial charge on any atom is 0.214 e. The fourth-order valence-corrected chi connectivity index (χ4v) is 3.76. The number of nitrogens with zero attached hydrogens (tertiary/aromatic N) is 3. The fourth-order valence-electron chi connectivity index (χ4n) is 3.76. The van der Waals surface area contributed by atoms with Gasteiger partial charge in [-0.1, -0.05) is 48.0 Å². The van der Waals surface area contributed by atoms with E-state index in [-0.39, 0.29) is 0 Å². The van der Waals surface area contributed by atoms with E-state index in [0.717, 1.165) is 43.2 Å². The molecule has 2 N–H and O–H groups in total. The average molecular weight is 404 g/mol. The molecule has 1 saturated heterocycles. The highest BCUT2D eigenvalue weighted by molar-refractivity contribution is 5.80. The Morgan fingerprint density at radius 2 is 1.97 bits per heavy atom. The van der Waals surface area contributed by atoms with Crippen molar-refractivity contribution in [3.8, 4) is 11.3 Å². The minimum absolute atomic E-state index is 0.345. The van der Waals surface area contributed by atoms with Gasteiger partial charge in [-0.3, -0.25) is 4.99 Å². The highest BCUT2D eigenvalue weighted by atomic mass is 16.4. The number of aromatic nitrogens is 1. The van der Waals surface area contributed by atoms with Crippen LogP contribution in [-0.2, 0) is 6.54 Å². The van der Waals surface area contributed by atoms with Crippen molar-refractivity contribution in [2.45, 2.75) is 32.4 Å². The average Bonchev–Trinajstić information content (AvgIpc) is 3.27. The van der Waals surface area contributed by atoms with Crippen LogP contribution >= 0.6 is 0 Å². The molecule has 2 aromatic carbocycles. The van der Waals surface area contributed by atoms with Crippen LogP contribution in [0.1, 0.15) is 24.3 Å². The number of piperidine rings is 1. The van der Waals surface area contributed by atoms with Gasteiger partial charge in [0.2, 0.25) is 5.89 Å². The first-order valence-electron chi connectivity index (χ1n) is 10.5. The second-order valence-corrected chi connectivity index (χ2v) is 7.68. The first kappa shape index (κ1) is 20.0. The molecule has 0 amide bonds. The number of oxazole rings is 1. The van der Waals surface area contributed by atoms with Crippen LogP contribution in [-0.4, -0.2) is 37.1 Å². The van der Waals surface area contributed by atoms with Gasteiger partial charge in [0.15, 0.2) is 11.7 Å². The normalized spacial score (nSPS) is 17.1. The Morgan fingerprint density at radius 1 is 1.17 bits per heavy atom. The zero-order chi connectivity index (χ0) is 20.8. The van der Waals surface area contributed by atoms with E-state index < -0.39 is 0 Å². The first-order valence-corrected chi connectivity index (χ1v) is 10.5. The van der Waals surface area contributed by atoms with E-state index in [1.54, 1.807) is 13.2 Å². The van der Waals surface area contributed by atoms with Crippen molar-refractivity contribution in [3.63, 3.8) is 0 Å². The summed E-state index contributed by atoms with van der Waals surface area (Å²) in [7, 11) is 1.79. The molecule has 1 aliphatic heterocycles. The Bertz CT molecular complexity index is 965. The molecule has 1 fully saturated rings. The van der Waals surface area contributed by atoms with Crippen molar-refractivity contribution in [1.29, 1.82) is 0 Å². The standard InChI is InChI=1S/C24H29N5O/c1-18-10-12-19(13-11-18)22-15-26-23(30-22)16-27-24(25-2)28-20-7-6-14-29(17-20)21-8-4-3-5-9-21/h3-5,8-13,15,20H,6-7,14,16-17H2,1-2H3,(H2,25,27,28). The highest BCUT2D eigenvalue weighted by Gasteiger charge is 2.21. The summed E-state index contributed by atoms with van der Waals surface area (Å²) in [5.74, 6) is 2.19. The molecule has 1 atom stereocenters. The highest BCUT2D eigenvalue weighted by Crippen LogP contribution is 2.21. The van der Waals surface area contributed by atoms with E-state index in [1.165, 1.54) is 11.3 Å². The van der Waals surface area contributed by atoms with Gasteiger partial charge in [-0.25, -0.2) is 4.98 Å². The van der Waals surface area contributed by atoms with Crippen molar-refractivity contribution in [2.24, 2.45) is 4.99 Å². The Labute approximate surface area is 178 Å². The molecule has 30 heavy (non-hydrogen) atoms. The van der Waals surface area contributed by atoms with Crippen LogP contribution in [0, 0.1) is 6.92 Å². The largest absolute Gasteiger partial charge is 0.439 e. The summed E-state index contributed by atoms with van der Waals surface area (Å²) in [6.07, 6.45) is 4.06. The molecular weight excluding hydrogens is 374 g/mol. The molecular formula is C24H29N5O. The van der Waals surface area contributed by atoms with Gasteiger partial charge in [0, 0.05) is 37.4 Å².